The lowest BCUT2D eigenvalue weighted by Gasteiger charge is -2.14. The molecule has 26 heavy (non-hydrogen) atoms. The van der Waals surface area contributed by atoms with Crippen molar-refractivity contribution in [3.8, 4) is 0 Å². The Labute approximate surface area is 153 Å². The summed E-state index contributed by atoms with van der Waals surface area (Å²) in [6.45, 7) is 3.54. The van der Waals surface area contributed by atoms with Gasteiger partial charge in [0.15, 0.2) is 0 Å². The van der Waals surface area contributed by atoms with Crippen molar-refractivity contribution in [1.82, 2.24) is 15.0 Å². The second-order valence-corrected chi connectivity index (χ2v) is 6.63. The highest BCUT2D eigenvalue weighted by Crippen LogP contribution is 2.28. The molecule has 2 aromatic heterocycles. The first-order chi connectivity index (χ1) is 12.8. The third-order valence-corrected chi connectivity index (χ3v) is 4.79. The normalized spacial score (nSPS) is 12.7. The van der Waals surface area contributed by atoms with Crippen LogP contribution in [-0.4, -0.2) is 15.0 Å². The van der Waals surface area contributed by atoms with Crippen LogP contribution in [0.25, 0.3) is 0 Å². The Kier molecular flexibility index (Phi) is 4.78. The van der Waals surface area contributed by atoms with Crippen LogP contribution in [0.1, 0.15) is 34.5 Å². The van der Waals surface area contributed by atoms with Gasteiger partial charge < -0.3 is 10.6 Å². The smallest absolute Gasteiger partial charge is 0.225 e. The third kappa shape index (κ3) is 3.67. The van der Waals surface area contributed by atoms with E-state index in [9.17, 15) is 0 Å². The Hall–Kier alpha value is -2.95. The summed E-state index contributed by atoms with van der Waals surface area (Å²) in [6, 6.07) is 14.4. The summed E-state index contributed by atoms with van der Waals surface area (Å²) in [5.74, 6) is 1.63. The van der Waals surface area contributed by atoms with Crippen molar-refractivity contribution in [3.63, 3.8) is 0 Å². The van der Waals surface area contributed by atoms with Crippen LogP contribution in [0.2, 0.25) is 0 Å². The van der Waals surface area contributed by atoms with Crippen LogP contribution < -0.4 is 10.6 Å². The predicted octanol–water partition coefficient (Wildman–Crippen LogP) is 3.89. The number of nitrogens with one attached hydrogen (secondary N) is 2. The number of rotatable bonds is 6. The van der Waals surface area contributed by atoms with Gasteiger partial charge in [0, 0.05) is 18.3 Å². The van der Waals surface area contributed by atoms with Crippen molar-refractivity contribution in [2.45, 2.75) is 39.3 Å². The summed E-state index contributed by atoms with van der Waals surface area (Å²) in [5, 5.41) is 6.85. The number of aromatic nitrogens is 3. The molecule has 1 aliphatic carbocycles. The molecule has 3 aromatic rings. The van der Waals surface area contributed by atoms with Gasteiger partial charge in [0.05, 0.1) is 17.9 Å². The Morgan fingerprint density at radius 1 is 0.923 bits per heavy atom. The molecule has 5 nitrogen and oxygen atoms in total. The molecule has 5 heteroatoms. The fourth-order valence-electron chi connectivity index (χ4n) is 3.32. The fraction of sp³-hybridized carbons (Fsp3) is 0.286. The average Bonchev–Trinajstić information content (AvgIpc) is 3.15. The van der Waals surface area contributed by atoms with Crippen molar-refractivity contribution in [2.75, 3.05) is 10.6 Å². The zero-order chi connectivity index (χ0) is 17.8. The minimum Gasteiger partial charge on any atom is -0.366 e. The minimum atomic E-state index is 0.622. The number of nitrogens with zero attached hydrogens (tertiary/aromatic N) is 3. The van der Waals surface area contributed by atoms with Gasteiger partial charge in [-0.25, -0.2) is 4.98 Å². The van der Waals surface area contributed by atoms with Crippen LogP contribution in [0.5, 0.6) is 0 Å². The SMILES string of the molecule is Cc1ccccc1CNc1nc(NCc2ccccn2)nc2c1CCC2. The molecule has 0 bridgehead atoms. The van der Waals surface area contributed by atoms with Crippen molar-refractivity contribution < 1.29 is 0 Å². The number of benzene rings is 1. The summed E-state index contributed by atoms with van der Waals surface area (Å²) < 4.78 is 0. The molecule has 0 radical (unpaired) electrons. The zero-order valence-electron chi connectivity index (χ0n) is 15.0. The van der Waals surface area contributed by atoms with Crippen LogP contribution in [0.4, 0.5) is 11.8 Å². The summed E-state index contributed by atoms with van der Waals surface area (Å²) in [4.78, 5) is 13.8. The maximum absolute atomic E-state index is 4.74. The Morgan fingerprint density at radius 2 is 1.81 bits per heavy atom. The van der Waals surface area contributed by atoms with Gasteiger partial charge in [0.25, 0.3) is 0 Å². The molecule has 0 aliphatic heterocycles. The molecule has 0 spiro atoms. The Balaban J connectivity index is 1.52. The van der Waals surface area contributed by atoms with Crippen LogP contribution in [0.3, 0.4) is 0 Å². The van der Waals surface area contributed by atoms with Crippen LogP contribution in [0, 0.1) is 6.92 Å². The second-order valence-electron chi connectivity index (χ2n) is 6.63. The van der Waals surface area contributed by atoms with Gasteiger partial charge in [0.2, 0.25) is 5.95 Å². The molecule has 0 atom stereocenters. The molecule has 0 amide bonds. The van der Waals surface area contributed by atoms with Crippen molar-refractivity contribution in [3.05, 3.63) is 76.7 Å². The number of aryl methyl sites for hydroxylation is 2. The quantitative estimate of drug-likeness (QED) is 0.709. The number of fused-ring (bicyclic) bond motifs is 1. The zero-order valence-corrected chi connectivity index (χ0v) is 15.0. The predicted molar refractivity (Wildman–Crippen MR) is 104 cm³/mol. The van der Waals surface area contributed by atoms with Gasteiger partial charge in [0.1, 0.15) is 5.82 Å². The van der Waals surface area contributed by atoms with E-state index in [0.717, 1.165) is 43.0 Å². The number of pyridine rings is 1. The summed E-state index contributed by atoms with van der Waals surface area (Å²) in [7, 11) is 0. The lowest BCUT2D eigenvalue weighted by atomic mass is 10.1. The van der Waals surface area contributed by atoms with E-state index >= 15 is 0 Å². The van der Waals surface area contributed by atoms with Crippen LogP contribution >= 0.6 is 0 Å². The highest BCUT2D eigenvalue weighted by molar-refractivity contribution is 5.53. The maximum Gasteiger partial charge on any atom is 0.225 e. The molecular formula is C21H23N5. The monoisotopic (exact) mass is 345 g/mol. The Morgan fingerprint density at radius 3 is 2.65 bits per heavy atom. The van der Waals surface area contributed by atoms with E-state index in [-0.39, 0.29) is 0 Å². The lowest BCUT2D eigenvalue weighted by Crippen LogP contribution is -2.11. The molecule has 4 rings (SSSR count). The second kappa shape index (κ2) is 7.52. The van der Waals surface area contributed by atoms with Crippen LogP contribution in [-0.2, 0) is 25.9 Å². The van der Waals surface area contributed by atoms with Gasteiger partial charge >= 0.3 is 0 Å². The molecule has 0 saturated carbocycles. The molecule has 132 valence electrons. The van der Waals surface area contributed by atoms with E-state index in [4.69, 9.17) is 9.97 Å². The fourth-order valence-corrected chi connectivity index (χ4v) is 3.32. The van der Waals surface area contributed by atoms with Crippen LogP contribution in [0.15, 0.2) is 48.7 Å². The van der Waals surface area contributed by atoms with Gasteiger partial charge in [-0.2, -0.15) is 4.98 Å². The van der Waals surface area contributed by atoms with Gasteiger partial charge in [-0.05, 0) is 49.4 Å². The molecule has 2 N–H and O–H groups in total. The molecule has 1 aliphatic rings. The average molecular weight is 345 g/mol. The summed E-state index contributed by atoms with van der Waals surface area (Å²) in [6.07, 6.45) is 5.02. The van der Waals surface area contributed by atoms with E-state index in [2.05, 4.69) is 46.8 Å². The van der Waals surface area contributed by atoms with E-state index in [1.54, 1.807) is 6.20 Å². The number of hydrogen-bond acceptors (Lipinski definition) is 5. The Bertz CT molecular complexity index is 892. The minimum absolute atomic E-state index is 0.622. The first kappa shape index (κ1) is 16.5. The van der Waals surface area contributed by atoms with Crippen molar-refractivity contribution in [1.29, 1.82) is 0 Å². The first-order valence-corrected chi connectivity index (χ1v) is 9.11. The van der Waals surface area contributed by atoms with E-state index < -0.39 is 0 Å². The molecule has 0 fully saturated rings. The summed E-state index contributed by atoms with van der Waals surface area (Å²) >= 11 is 0. The van der Waals surface area contributed by atoms with Gasteiger partial charge in [-0.1, -0.05) is 30.3 Å². The summed E-state index contributed by atoms with van der Waals surface area (Å²) in [5.41, 5.74) is 5.99. The number of hydrogen-bond donors (Lipinski definition) is 2. The molecule has 2 heterocycles. The van der Waals surface area contributed by atoms with Gasteiger partial charge in [-0.15, -0.1) is 0 Å². The maximum atomic E-state index is 4.74. The third-order valence-electron chi connectivity index (χ3n) is 4.79. The molecule has 1 aromatic carbocycles. The number of anilines is 2. The van der Waals surface area contributed by atoms with Crippen molar-refractivity contribution in [2.24, 2.45) is 0 Å². The molecule has 0 unspecified atom stereocenters. The van der Waals surface area contributed by atoms with Crippen molar-refractivity contribution >= 4 is 11.8 Å². The lowest BCUT2D eigenvalue weighted by molar-refractivity contribution is 0.898. The molecular weight excluding hydrogens is 322 g/mol. The molecule has 0 saturated heterocycles. The first-order valence-electron chi connectivity index (χ1n) is 9.11. The van der Waals surface area contributed by atoms with Gasteiger partial charge in [-0.3, -0.25) is 4.98 Å². The standard InChI is InChI=1S/C21H23N5/c1-15-7-2-3-8-16(15)13-23-20-18-10-6-11-19(18)25-21(26-20)24-14-17-9-4-5-12-22-17/h2-5,7-9,12H,6,10-11,13-14H2,1H3,(H2,23,24,25,26). The largest absolute Gasteiger partial charge is 0.366 e. The van der Waals surface area contributed by atoms with E-state index in [1.807, 2.05) is 18.2 Å². The topological polar surface area (TPSA) is 62.7 Å². The highest BCUT2D eigenvalue weighted by atomic mass is 15.1. The van der Waals surface area contributed by atoms with E-state index in [0.29, 0.717) is 12.5 Å². The van der Waals surface area contributed by atoms with E-state index in [1.165, 1.54) is 16.7 Å². The highest BCUT2D eigenvalue weighted by Gasteiger charge is 2.19.